The molecule has 0 saturated heterocycles. The van der Waals surface area contributed by atoms with Gasteiger partial charge in [0.15, 0.2) is 0 Å². The summed E-state index contributed by atoms with van der Waals surface area (Å²) in [6.45, 7) is 2.06. The molecule has 0 fully saturated rings. The minimum absolute atomic E-state index is 0.0330. The summed E-state index contributed by atoms with van der Waals surface area (Å²) in [6.07, 6.45) is 0.915. The lowest BCUT2D eigenvalue weighted by Gasteiger charge is -2.08. The molecule has 0 atom stereocenters. The van der Waals surface area contributed by atoms with Gasteiger partial charge in [0, 0.05) is 16.8 Å². The molecule has 0 spiro atoms. The molecule has 0 radical (unpaired) electrons. The van der Waals surface area contributed by atoms with Crippen molar-refractivity contribution >= 4 is 28.7 Å². The molecule has 2 rings (SSSR count). The lowest BCUT2D eigenvalue weighted by atomic mass is 10.1. The van der Waals surface area contributed by atoms with Gasteiger partial charge in [-0.05, 0) is 36.2 Å². The lowest BCUT2D eigenvalue weighted by Crippen LogP contribution is -1.97. The van der Waals surface area contributed by atoms with Crippen LogP contribution in [0.2, 0.25) is 5.02 Å². The van der Waals surface area contributed by atoms with Crippen LogP contribution in [0.4, 0.5) is 17.1 Å². The van der Waals surface area contributed by atoms with Crippen molar-refractivity contribution in [2.45, 2.75) is 13.3 Å². The number of benzene rings is 2. The van der Waals surface area contributed by atoms with Gasteiger partial charge in [-0.25, -0.2) is 0 Å². The van der Waals surface area contributed by atoms with E-state index < -0.39 is 4.92 Å². The van der Waals surface area contributed by atoms with Gasteiger partial charge in [-0.1, -0.05) is 30.7 Å². The fourth-order valence-electron chi connectivity index (χ4n) is 1.79. The van der Waals surface area contributed by atoms with Crippen LogP contribution < -0.4 is 5.32 Å². The molecule has 19 heavy (non-hydrogen) atoms. The summed E-state index contributed by atoms with van der Waals surface area (Å²) in [7, 11) is 0. The second kappa shape index (κ2) is 5.71. The summed E-state index contributed by atoms with van der Waals surface area (Å²) in [4.78, 5) is 10.5. The van der Waals surface area contributed by atoms with E-state index in [2.05, 4.69) is 12.2 Å². The van der Waals surface area contributed by atoms with Crippen molar-refractivity contribution in [2.24, 2.45) is 0 Å². The fourth-order valence-corrected chi connectivity index (χ4v) is 1.95. The van der Waals surface area contributed by atoms with Crippen molar-refractivity contribution in [3.63, 3.8) is 0 Å². The van der Waals surface area contributed by atoms with E-state index in [9.17, 15) is 10.1 Å². The van der Waals surface area contributed by atoms with Gasteiger partial charge < -0.3 is 5.32 Å². The first kappa shape index (κ1) is 13.4. The van der Waals surface area contributed by atoms with E-state index in [4.69, 9.17) is 11.6 Å². The van der Waals surface area contributed by atoms with E-state index in [1.165, 1.54) is 11.6 Å². The maximum Gasteiger partial charge on any atom is 0.294 e. The van der Waals surface area contributed by atoms with Crippen LogP contribution in [0.15, 0.2) is 42.5 Å². The van der Waals surface area contributed by atoms with Crippen molar-refractivity contribution in [2.75, 3.05) is 5.32 Å². The predicted molar refractivity (Wildman–Crippen MR) is 77.2 cm³/mol. The van der Waals surface area contributed by atoms with Gasteiger partial charge >= 0.3 is 0 Å². The topological polar surface area (TPSA) is 55.2 Å². The molecule has 2 aromatic carbocycles. The van der Waals surface area contributed by atoms with Gasteiger partial charge in [0.1, 0.15) is 5.69 Å². The van der Waals surface area contributed by atoms with Crippen LogP contribution in [-0.2, 0) is 6.42 Å². The number of nitrogens with one attached hydrogen (secondary N) is 1. The highest BCUT2D eigenvalue weighted by molar-refractivity contribution is 6.30. The molecule has 0 heterocycles. The highest BCUT2D eigenvalue weighted by Gasteiger charge is 2.14. The summed E-state index contributed by atoms with van der Waals surface area (Å²) in [5.74, 6) is 0. The number of nitro benzene ring substituents is 1. The van der Waals surface area contributed by atoms with E-state index in [0.717, 1.165) is 12.1 Å². The number of nitrogens with zero attached hydrogens (tertiary/aromatic N) is 1. The van der Waals surface area contributed by atoms with Crippen molar-refractivity contribution in [3.8, 4) is 0 Å². The second-order valence-electron chi connectivity index (χ2n) is 4.10. The van der Waals surface area contributed by atoms with Crippen LogP contribution >= 0.6 is 11.6 Å². The Hall–Kier alpha value is -2.07. The van der Waals surface area contributed by atoms with E-state index in [-0.39, 0.29) is 5.69 Å². The first-order chi connectivity index (χ1) is 9.10. The van der Waals surface area contributed by atoms with E-state index in [0.29, 0.717) is 10.7 Å². The van der Waals surface area contributed by atoms with Gasteiger partial charge in [0.2, 0.25) is 0 Å². The fraction of sp³-hybridized carbons (Fsp3) is 0.143. The highest BCUT2D eigenvalue weighted by Crippen LogP contribution is 2.30. The number of rotatable bonds is 4. The Morgan fingerprint density at radius 1 is 1.26 bits per heavy atom. The molecule has 0 aliphatic heterocycles. The third-order valence-corrected chi connectivity index (χ3v) is 3.01. The number of aryl methyl sites for hydroxylation is 1. The molecule has 2 aromatic rings. The Morgan fingerprint density at radius 2 is 2.05 bits per heavy atom. The maximum absolute atomic E-state index is 11.0. The zero-order chi connectivity index (χ0) is 13.8. The smallest absolute Gasteiger partial charge is 0.294 e. The molecule has 0 unspecified atom stereocenters. The van der Waals surface area contributed by atoms with Crippen molar-refractivity contribution < 1.29 is 4.92 Å². The summed E-state index contributed by atoms with van der Waals surface area (Å²) < 4.78 is 0. The average Bonchev–Trinajstić information content (AvgIpc) is 2.41. The molecule has 0 aliphatic carbocycles. The first-order valence-electron chi connectivity index (χ1n) is 5.90. The molecule has 0 amide bonds. The van der Waals surface area contributed by atoms with E-state index in [1.54, 1.807) is 12.1 Å². The number of hydrogen-bond acceptors (Lipinski definition) is 3. The van der Waals surface area contributed by atoms with E-state index in [1.807, 2.05) is 24.3 Å². The van der Waals surface area contributed by atoms with Crippen LogP contribution in [0.3, 0.4) is 0 Å². The van der Waals surface area contributed by atoms with Crippen molar-refractivity contribution in [1.29, 1.82) is 0 Å². The Kier molecular flexibility index (Phi) is 4.02. The van der Waals surface area contributed by atoms with Gasteiger partial charge in [0.05, 0.1) is 4.92 Å². The Labute approximate surface area is 116 Å². The average molecular weight is 277 g/mol. The summed E-state index contributed by atoms with van der Waals surface area (Å²) in [5, 5.41) is 14.4. The van der Waals surface area contributed by atoms with Gasteiger partial charge in [0.25, 0.3) is 5.69 Å². The number of hydrogen-bond donors (Lipinski definition) is 1. The van der Waals surface area contributed by atoms with E-state index >= 15 is 0 Å². The molecule has 4 nitrogen and oxygen atoms in total. The van der Waals surface area contributed by atoms with Gasteiger partial charge in [-0.2, -0.15) is 0 Å². The predicted octanol–water partition coefficient (Wildman–Crippen LogP) is 4.55. The maximum atomic E-state index is 11.0. The SMILES string of the molecule is CCc1cccc(Nc2ccc(Cl)cc2[N+](=O)[O-])c1. The molecular formula is C14H13ClN2O2. The monoisotopic (exact) mass is 276 g/mol. The standard InChI is InChI=1S/C14H13ClN2O2/c1-2-10-4-3-5-12(8-10)16-13-7-6-11(15)9-14(13)17(18)19/h3-9,16H,2H2,1H3. The molecule has 5 heteroatoms. The molecular weight excluding hydrogens is 264 g/mol. The zero-order valence-electron chi connectivity index (χ0n) is 10.4. The first-order valence-corrected chi connectivity index (χ1v) is 6.28. The second-order valence-corrected chi connectivity index (χ2v) is 4.53. The molecule has 0 bridgehead atoms. The highest BCUT2D eigenvalue weighted by atomic mass is 35.5. The normalized spacial score (nSPS) is 10.2. The van der Waals surface area contributed by atoms with Crippen LogP contribution in [0.5, 0.6) is 0 Å². The number of halogens is 1. The van der Waals surface area contributed by atoms with Crippen molar-refractivity contribution in [3.05, 3.63) is 63.2 Å². The quantitative estimate of drug-likeness (QED) is 0.658. The van der Waals surface area contributed by atoms with Gasteiger partial charge in [-0.15, -0.1) is 0 Å². The van der Waals surface area contributed by atoms with Crippen molar-refractivity contribution in [1.82, 2.24) is 0 Å². The van der Waals surface area contributed by atoms with Crippen LogP contribution in [-0.4, -0.2) is 4.92 Å². The zero-order valence-corrected chi connectivity index (χ0v) is 11.1. The largest absolute Gasteiger partial charge is 0.350 e. The van der Waals surface area contributed by atoms with Crippen LogP contribution in [0.1, 0.15) is 12.5 Å². The third kappa shape index (κ3) is 3.23. The van der Waals surface area contributed by atoms with Crippen LogP contribution in [0.25, 0.3) is 0 Å². The summed E-state index contributed by atoms with van der Waals surface area (Å²) in [5.41, 5.74) is 2.39. The summed E-state index contributed by atoms with van der Waals surface area (Å²) >= 11 is 5.78. The molecule has 98 valence electrons. The third-order valence-electron chi connectivity index (χ3n) is 2.77. The lowest BCUT2D eigenvalue weighted by molar-refractivity contribution is -0.383. The van der Waals surface area contributed by atoms with Gasteiger partial charge in [-0.3, -0.25) is 10.1 Å². The molecule has 0 saturated carbocycles. The molecule has 0 aromatic heterocycles. The Balaban J connectivity index is 2.34. The van der Waals surface area contributed by atoms with Crippen LogP contribution in [0, 0.1) is 10.1 Å². The molecule has 0 aliphatic rings. The summed E-state index contributed by atoms with van der Waals surface area (Å²) in [6, 6.07) is 12.4. The number of anilines is 2. The molecule has 1 N–H and O–H groups in total. The Bertz CT molecular complexity index is 614. The minimum Gasteiger partial charge on any atom is -0.350 e. The Morgan fingerprint density at radius 3 is 2.74 bits per heavy atom. The number of nitro groups is 1. The minimum atomic E-state index is -0.447.